The van der Waals surface area contributed by atoms with Gasteiger partial charge >= 0.3 is 47.8 Å². The van der Waals surface area contributed by atoms with E-state index >= 15 is 0 Å². The normalized spacial score (nSPS) is 12.4. The Balaban J connectivity index is -0.000000564. The number of benzene rings is 7. The van der Waals surface area contributed by atoms with Crippen molar-refractivity contribution in [2.45, 2.75) is 329 Å². The smallest absolute Gasteiger partial charge is 0.323 e. The fourth-order valence-electron chi connectivity index (χ4n) is 13.4. The van der Waals surface area contributed by atoms with Gasteiger partial charge in [0, 0.05) is 0 Å². The second-order valence-corrected chi connectivity index (χ2v) is 41.6. The van der Waals surface area contributed by atoms with Gasteiger partial charge in [0.05, 0.1) is 60.2 Å². The van der Waals surface area contributed by atoms with E-state index in [2.05, 4.69) is 0 Å². The first-order valence-corrected chi connectivity index (χ1v) is 54.1. The number of aromatic hydroxyl groups is 2. The zero-order chi connectivity index (χ0) is 109. The van der Waals surface area contributed by atoms with Crippen LogP contribution in [0.2, 0.25) is 0 Å². The molecular weight excluding hydrogens is 2030 g/mol. The van der Waals surface area contributed by atoms with E-state index in [-0.39, 0.29) is 122 Å². The molecule has 8 atom stereocenters. The maximum atomic E-state index is 12.1. The third-order valence-electron chi connectivity index (χ3n) is 21.5. The number of esters is 8. The van der Waals surface area contributed by atoms with E-state index in [0.717, 1.165) is 155 Å². The molecule has 0 saturated heterocycles. The van der Waals surface area contributed by atoms with Crippen LogP contribution >= 0.6 is 24.8 Å². The third kappa shape index (κ3) is 76.4. The molecule has 34 nitrogen and oxygen atoms in total. The standard InChI is InChI=1S/C27H37NO6.C26H36N2O4.C20H40N2O4.C14H28N2O4.3C7H8O3S.3CH4.2ClH/c1-20(18-21-8-12-23(29)13-9-21)26(31)33-16-6-4-2-3-5-7-17-34-27(32)25(28)19-22-10-14-24(30)15-11-22;27-23(19-21-13-7-5-8-14-21)25(29)31-17-11-3-1-2-4-12-18-32-26(30)24(28)20-22-15-9-6-10-16-22;1-15(2)13-17(21)19(23)25-11-9-7-5-6-8-10-12-26-20(24)18(22)14-16(3)4;1-9(2)7-11(15)13(17)19-5-6-20-14(18)12(16)8-10(3)4;3*1-6-2-4-7(5-3-6)11(8,9)10;;;;;/h8-15,20,25,29-30H,2-7,16-19,28H2,1H3;5-10,13-16,23-24H,1-4,11-12,17-20,27-28H2;15-18H,5-14,21-22H2,1-4H3;9-12H,5-8,15-16H2,1-4H3;3*2-5H,1H3,(H,8,9,10);3*1H4;2*1H. The summed E-state index contributed by atoms with van der Waals surface area (Å²) in [6.07, 6.45) is 21.7. The second-order valence-electron chi connectivity index (χ2n) is 37.4. The lowest BCUT2D eigenvalue weighted by molar-refractivity contribution is -0.154. The first-order chi connectivity index (χ1) is 68.4. The van der Waals surface area contributed by atoms with E-state index in [9.17, 15) is 73.8 Å². The van der Waals surface area contributed by atoms with Crippen molar-refractivity contribution in [3.63, 3.8) is 0 Å². The Labute approximate surface area is 906 Å². The quantitative estimate of drug-likeness (QED) is 0.00729. The average molecular weight is 2210 g/mol. The highest BCUT2D eigenvalue weighted by atomic mass is 35.5. The molecule has 0 bridgehead atoms. The molecule has 0 radical (unpaired) electrons. The molecule has 0 aromatic heterocycles. The SMILES string of the molecule is C.C.C.CC(C)CC(N)C(=O)OCCCCCCCCOC(=O)C(N)CC(C)C.CC(C)CC(N)C(=O)OCCOC(=O)C(N)CC(C)C.CC(Cc1ccc(O)cc1)C(=O)OCCCCCCCCOC(=O)C(N)Cc1ccc(O)cc1.Cc1ccc(S(=O)(=O)O)cc1.Cc1ccc(S(=O)(=O)O)cc1.Cc1ccc(S(=O)(=O)O)cc1.Cl.Cl.NC(Cc1ccccc1)C(=O)OCCCCCCCCOC(=O)C(N)Cc1ccccc1. The van der Waals surface area contributed by atoms with Crippen molar-refractivity contribution in [2.75, 3.05) is 52.9 Å². The molecule has 7 aromatic carbocycles. The average Bonchev–Trinajstić information content (AvgIpc) is 0.867. The number of carbonyl (C=O) groups excluding carboxylic acids is 8. The summed E-state index contributed by atoms with van der Waals surface area (Å²) < 4.78 is 130. The molecule has 19 N–H and O–H groups in total. The first-order valence-electron chi connectivity index (χ1n) is 49.8. The maximum absolute atomic E-state index is 12.1. The van der Waals surface area contributed by atoms with Crippen molar-refractivity contribution in [1.82, 2.24) is 0 Å². The van der Waals surface area contributed by atoms with Crippen LogP contribution in [0.25, 0.3) is 0 Å². The summed E-state index contributed by atoms with van der Waals surface area (Å²) >= 11 is 0. The molecule has 0 aliphatic heterocycles. The number of unbranched alkanes of at least 4 members (excludes halogenated alkanes) is 15. The Kier molecular flexibility index (Phi) is 84.5. The van der Waals surface area contributed by atoms with Crippen LogP contribution in [0.15, 0.2) is 197 Å². The van der Waals surface area contributed by atoms with E-state index in [4.69, 9.17) is 91.7 Å². The summed E-state index contributed by atoms with van der Waals surface area (Å²) in [4.78, 5) is 94.1. The molecule has 39 heteroatoms. The van der Waals surface area contributed by atoms with Crippen LogP contribution < -0.4 is 40.1 Å². The van der Waals surface area contributed by atoms with E-state index in [0.29, 0.717) is 115 Å². The number of phenols is 2. The molecule has 0 heterocycles. The molecule has 7 aromatic rings. The number of carbonyl (C=O) groups is 8. The largest absolute Gasteiger partial charge is 0.508 e. The lowest BCUT2D eigenvalue weighted by Gasteiger charge is -2.15. The number of hydrogen-bond acceptors (Lipinski definition) is 31. The van der Waals surface area contributed by atoms with Crippen molar-refractivity contribution >= 4 is 103 Å². The van der Waals surface area contributed by atoms with Crippen molar-refractivity contribution in [1.29, 1.82) is 0 Å². The lowest BCUT2D eigenvalue weighted by atomic mass is 10.0. The Morgan fingerprint density at radius 2 is 0.413 bits per heavy atom. The summed E-state index contributed by atoms with van der Waals surface area (Å²) in [6.45, 7) is 25.9. The fraction of sp³-hybridized carbons (Fsp3) is 0.550. The van der Waals surface area contributed by atoms with E-state index in [1.54, 1.807) is 72.8 Å². The Bertz CT molecular complexity index is 4720. The minimum Gasteiger partial charge on any atom is -0.508 e. The minimum absolute atomic E-state index is 0. The zero-order valence-electron chi connectivity index (χ0n) is 87.6. The summed E-state index contributed by atoms with van der Waals surface area (Å²) in [5, 5.41) is 18.6. The highest BCUT2D eigenvalue weighted by Crippen LogP contribution is 2.20. The van der Waals surface area contributed by atoms with E-state index in [1.807, 2.05) is 156 Å². The van der Waals surface area contributed by atoms with Crippen LogP contribution in [0.1, 0.15) is 265 Å². The summed E-state index contributed by atoms with van der Waals surface area (Å²) in [5.41, 5.74) is 47.4. The molecule has 8 unspecified atom stereocenters. The highest BCUT2D eigenvalue weighted by molar-refractivity contribution is 7.86. The van der Waals surface area contributed by atoms with Gasteiger partial charge in [0.25, 0.3) is 30.4 Å². The maximum Gasteiger partial charge on any atom is 0.323 e. The summed E-state index contributed by atoms with van der Waals surface area (Å²) in [5.74, 6) is -1.23. The number of halogens is 2. The van der Waals surface area contributed by atoms with Crippen LogP contribution in [-0.2, 0) is 132 Å². The van der Waals surface area contributed by atoms with Gasteiger partial charge in [0.1, 0.15) is 67.0 Å². The molecule has 0 amide bonds. The van der Waals surface area contributed by atoms with Crippen LogP contribution in [0.5, 0.6) is 11.5 Å². The first kappa shape index (κ1) is 148. The molecule has 852 valence electrons. The van der Waals surface area contributed by atoms with Gasteiger partial charge < -0.3 is 88.2 Å². The predicted molar refractivity (Wildman–Crippen MR) is 595 cm³/mol. The minimum atomic E-state index is -4.02. The number of ether oxygens (including phenoxy) is 8. The number of hydrogen-bond donors (Lipinski definition) is 12. The molecule has 0 aliphatic carbocycles. The molecule has 0 fully saturated rings. The van der Waals surface area contributed by atoms with Crippen LogP contribution in [-0.4, -0.2) is 192 Å². The number of nitrogens with two attached hydrogens (primary N) is 7. The van der Waals surface area contributed by atoms with Gasteiger partial charge in [0.2, 0.25) is 0 Å². The molecule has 0 spiro atoms. The Hall–Kier alpha value is -10.1. The topological polar surface area (TPSA) is 596 Å². The van der Waals surface area contributed by atoms with E-state index < -0.39 is 90.6 Å². The lowest BCUT2D eigenvalue weighted by Crippen LogP contribution is -2.36. The van der Waals surface area contributed by atoms with Gasteiger partial charge in [-0.25, -0.2) is 0 Å². The summed E-state index contributed by atoms with van der Waals surface area (Å²) in [7, 11) is -12.1. The third-order valence-corrected chi connectivity index (χ3v) is 24.1. The van der Waals surface area contributed by atoms with Gasteiger partial charge in [-0.3, -0.25) is 52.0 Å². The Morgan fingerprint density at radius 1 is 0.240 bits per heavy atom. The van der Waals surface area contributed by atoms with Gasteiger partial charge in [-0.15, -0.1) is 24.8 Å². The molecule has 0 aliphatic rings. The number of phenolic OH excluding ortho intramolecular Hbond substituents is 2. The molecule has 150 heavy (non-hydrogen) atoms. The second kappa shape index (κ2) is 85.4. The molecule has 7 rings (SSSR count). The van der Waals surface area contributed by atoms with Crippen molar-refractivity contribution < 1.29 is 125 Å². The van der Waals surface area contributed by atoms with Crippen molar-refractivity contribution in [2.24, 2.45) is 69.7 Å². The predicted octanol–water partition coefficient (Wildman–Crippen LogP) is 18.3. The summed E-state index contributed by atoms with van der Waals surface area (Å²) in [6, 6.07) is 46.6. The molecule has 0 saturated carbocycles. The van der Waals surface area contributed by atoms with Gasteiger partial charge in [-0.05, 0) is 217 Å². The number of aryl methyl sites for hydroxylation is 3. The van der Waals surface area contributed by atoms with Gasteiger partial charge in [-0.1, -0.05) is 300 Å². The Morgan fingerprint density at radius 3 is 0.613 bits per heavy atom. The monoisotopic (exact) mass is 2210 g/mol. The van der Waals surface area contributed by atoms with Crippen LogP contribution in [0.3, 0.4) is 0 Å². The van der Waals surface area contributed by atoms with E-state index in [1.165, 1.54) is 36.4 Å². The number of rotatable bonds is 57. The van der Waals surface area contributed by atoms with Crippen molar-refractivity contribution in [3.05, 3.63) is 221 Å². The fourth-order valence-corrected chi connectivity index (χ4v) is 14.9. The zero-order valence-corrected chi connectivity index (χ0v) is 91.7. The van der Waals surface area contributed by atoms with Gasteiger partial charge in [-0.2, -0.15) is 25.3 Å². The van der Waals surface area contributed by atoms with Crippen LogP contribution in [0.4, 0.5) is 0 Å². The van der Waals surface area contributed by atoms with Gasteiger partial charge in [0.15, 0.2) is 0 Å². The highest BCUT2D eigenvalue weighted by Gasteiger charge is 2.24. The van der Waals surface area contributed by atoms with Crippen LogP contribution in [0, 0.1) is 50.4 Å². The van der Waals surface area contributed by atoms with Crippen molar-refractivity contribution in [3.8, 4) is 11.5 Å². The molecular formula is C111H179Cl2N7O27S3.